The molecule has 0 bridgehead atoms. The first-order valence-corrected chi connectivity index (χ1v) is 15.4. The van der Waals surface area contributed by atoms with Gasteiger partial charge in [0.05, 0.1) is 25.0 Å². The molecule has 2 saturated heterocycles. The number of alkyl halides is 3. The van der Waals surface area contributed by atoms with Gasteiger partial charge in [-0.2, -0.15) is 13.2 Å². The Labute approximate surface area is 245 Å². The van der Waals surface area contributed by atoms with E-state index < -0.39 is 12.1 Å². The van der Waals surface area contributed by atoms with E-state index in [-0.39, 0.29) is 11.3 Å². The van der Waals surface area contributed by atoms with Gasteiger partial charge in [0, 0.05) is 30.3 Å². The number of carbonyl (C=O) groups excluding carboxylic acids is 2. The predicted octanol–water partition coefficient (Wildman–Crippen LogP) is 2.07. The molecule has 4 aliphatic rings. The predicted molar refractivity (Wildman–Crippen MR) is 148 cm³/mol. The van der Waals surface area contributed by atoms with Crippen LogP contribution in [0.25, 0.3) is 0 Å². The van der Waals surface area contributed by atoms with E-state index in [0.29, 0.717) is 23.8 Å². The zero-order valence-electron chi connectivity index (χ0n) is 24.2. The molecule has 3 aliphatic heterocycles. The summed E-state index contributed by atoms with van der Waals surface area (Å²) < 4.78 is 31.5. The van der Waals surface area contributed by atoms with E-state index in [4.69, 9.17) is 14.9 Å². The number of pyridine rings is 1. The van der Waals surface area contributed by atoms with Crippen molar-refractivity contribution < 1.29 is 38.5 Å². The highest BCUT2D eigenvalue weighted by molar-refractivity contribution is 5.82. The van der Waals surface area contributed by atoms with Gasteiger partial charge >= 0.3 is 6.18 Å². The maximum atomic E-state index is 14.5. The van der Waals surface area contributed by atoms with Crippen molar-refractivity contribution in [2.45, 2.75) is 81.8 Å². The van der Waals surface area contributed by atoms with Gasteiger partial charge in [-0.05, 0) is 62.1 Å². The van der Waals surface area contributed by atoms with Gasteiger partial charge in [0.2, 0.25) is 11.7 Å². The second-order valence-corrected chi connectivity index (χ2v) is 12.5. The highest BCUT2D eigenvalue weighted by Gasteiger charge is 2.56. The fraction of sp³-hybridized carbons (Fsp3) is 0.594. The molecule has 4 heterocycles. The van der Waals surface area contributed by atoms with E-state index in [9.17, 15) is 18.0 Å². The lowest BCUT2D eigenvalue weighted by Gasteiger charge is -2.47. The van der Waals surface area contributed by atoms with Crippen LogP contribution in [-0.4, -0.2) is 60.2 Å². The largest absolute Gasteiger partial charge is 0.542 e. The van der Waals surface area contributed by atoms with Gasteiger partial charge in [-0.25, -0.2) is 4.98 Å². The van der Waals surface area contributed by atoms with Crippen LogP contribution in [0, 0.1) is 18.8 Å². The Morgan fingerprint density at radius 1 is 1.05 bits per heavy atom. The summed E-state index contributed by atoms with van der Waals surface area (Å²) in [5, 5.41) is 13.5. The molecule has 2 aromatic rings. The number of carboxylic acids is 1. The van der Waals surface area contributed by atoms with E-state index >= 15 is 0 Å². The number of aryl methyl sites for hydroxylation is 1. The van der Waals surface area contributed by atoms with Crippen LogP contribution in [0.15, 0.2) is 42.5 Å². The third kappa shape index (κ3) is 6.34. The quantitative estimate of drug-likeness (QED) is 0.574. The van der Waals surface area contributed by atoms with Crippen LogP contribution in [-0.2, 0) is 15.0 Å². The van der Waals surface area contributed by atoms with Gasteiger partial charge in [0.15, 0.2) is 0 Å². The Bertz CT molecular complexity index is 1250. The van der Waals surface area contributed by atoms with Gasteiger partial charge in [0.1, 0.15) is 11.9 Å². The molecule has 228 valence electrons. The van der Waals surface area contributed by atoms with Crippen LogP contribution in [0.5, 0.6) is 0 Å². The number of carbonyl (C=O) groups is 2. The smallest absolute Gasteiger partial charge is 0.430 e. The summed E-state index contributed by atoms with van der Waals surface area (Å²) in [5.41, 5.74) is 3.80. The van der Waals surface area contributed by atoms with Crippen molar-refractivity contribution in [1.29, 1.82) is 0 Å². The average molecular weight is 588 g/mol. The average Bonchev–Trinajstić information content (AvgIpc) is 3.41. The fourth-order valence-electron chi connectivity index (χ4n) is 8.01. The lowest BCUT2D eigenvalue weighted by molar-refractivity contribution is -0.642. The minimum atomic E-state index is -5.19. The Morgan fingerprint density at radius 2 is 1.76 bits per heavy atom. The summed E-state index contributed by atoms with van der Waals surface area (Å²) >= 11 is 0. The Hall–Kier alpha value is -2.98. The normalized spacial score (nSPS) is 28.1. The fourth-order valence-corrected chi connectivity index (χ4v) is 8.01. The van der Waals surface area contributed by atoms with E-state index in [0.717, 1.165) is 57.0 Å². The second kappa shape index (κ2) is 12.7. The third-order valence-corrected chi connectivity index (χ3v) is 10.0. The van der Waals surface area contributed by atoms with Crippen LogP contribution < -0.4 is 15.7 Å². The number of likely N-dealkylation sites (tertiary alicyclic amines) is 1. The molecule has 6 rings (SSSR count). The maximum Gasteiger partial charge on any atom is 0.430 e. The summed E-state index contributed by atoms with van der Waals surface area (Å²) in [5.74, 6) is -0.123. The highest BCUT2D eigenvalue weighted by atomic mass is 19.4. The van der Waals surface area contributed by atoms with Crippen LogP contribution in [0.2, 0.25) is 0 Å². The third-order valence-electron chi connectivity index (χ3n) is 10.0. The lowest BCUT2D eigenvalue weighted by atomic mass is 9.67. The number of hydrogen-bond donors (Lipinski definition) is 2. The Balaban J connectivity index is 0.000000451. The number of halogens is 3. The monoisotopic (exact) mass is 587 g/mol. The first kappa shape index (κ1) is 30.5. The number of fused-ring (bicyclic) bond motifs is 2. The SMILES string of the molecule is Cc1ccc2c(n1)[NH2+]CC[C@]21C[NH2+]C[C@H]1C(=O)N1CC[C@@H](c2ccccc2)C[C@H]1C1CCCCC1.O=C([O-])C(F)(F)F. The molecule has 4 N–H and O–H groups in total. The summed E-state index contributed by atoms with van der Waals surface area (Å²) in [6, 6.07) is 15.9. The second-order valence-electron chi connectivity index (χ2n) is 12.5. The number of nitrogens with two attached hydrogens (primary N) is 2. The zero-order valence-corrected chi connectivity index (χ0v) is 24.2. The number of aromatic nitrogens is 1. The minimum Gasteiger partial charge on any atom is -0.542 e. The van der Waals surface area contributed by atoms with Crippen LogP contribution in [0.3, 0.4) is 0 Å². The minimum absolute atomic E-state index is 0.0603. The van der Waals surface area contributed by atoms with Crippen LogP contribution in [0.4, 0.5) is 19.0 Å². The standard InChI is InChI=1S/C30H40N4O.C2HF3O2/c1-21-12-13-25-28(33-21)32-16-15-30(25)20-31-19-26(30)29(35)34-17-14-24(22-8-4-2-5-9-22)18-27(34)23-10-6-3-7-11-23;3-2(4,5)1(6)7/h2,4-5,8-9,12-13,23-24,26-27,31H,3,6-7,10-11,14-20H2,1H3,(H,32,33);(H,6,7)/p+1/t24-,26+,27+,30+;/m1./s1. The molecule has 4 atom stereocenters. The Morgan fingerprint density at radius 3 is 2.45 bits per heavy atom. The first-order chi connectivity index (χ1) is 20.1. The van der Waals surface area contributed by atoms with Crippen molar-refractivity contribution in [3.63, 3.8) is 0 Å². The number of hydrogen-bond acceptors (Lipinski definition) is 4. The number of rotatable bonds is 3. The zero-order chi connectivity index (χ0) is 29.9. The summed E-state index contributed by atoms with van der Waals surface area (Å²) in [4.78, 5) is 30.6. The van der Waals surface area contributed by atoms with Gasteiger partial charge in [-0.3, -0.25) is 10.1 Å². The topological polar surface area (TPSA) is 107 Å². The summed E-state index contributed by atoms with van der Waals surface area (Å²) in [6.45, 7) is 5.96. The van der Waals surface area contributed by atoms with E-state index in [2.05, 4.69) is 64.9 Å². The number of amides is 1. The molecule has 42 heavy (non-hydrogen) atoms. The number of nitrogens with zero attached hydrogens (tertiary/aromatic N) is 2. The molecule has 1 amide bonds. The van der Waals surface area contributed by atoms with Crippen molar-refractivity contribution in [1.82, 2.24) is 9.88 Å². The van der Waals surface area contributed by atoms with Gasteiger partial charge in [0.25, 0.3) is 0 Å². The molecule has 1 saturated carbocycles. The van der Waals surface area contributed by atoms with Crippen molar-refractivity contribution >= 4 is 17.7 Å². The summed E-state index contributed by atoms with van der Waals surface area (Å²) in [6.07, 6.45) is 4.70. The number of aliphatic carboxylic acids is 1. The lowest BCUT2D eigenvalue weighted by Crippen LogP contribution is -2.85. The molecule has 1 spiro atoms. The molecule has 0 radical (unpaired) electrons. The number of quaternary nitrogens is 2. The van der Waals surface area contributed by atoms with E-state index in [1.807, 2.05) is 0 Å². The molecule has 1 aliphatic carbocycles. The number of piperidine rings is 1. The van der Waals surface area contributed by atoms with Crippen molar-refractivity contribution in [3.05, 3.63) is 59.3 Å². The first-order valence-electron chi connectivity index (χ1n) is 15.4. The summed E-state index contributed by atoms with van der Waals surface area (Å²) in [7, 11) is 0. The van der Waals surface area contributed by atoms with Crippen molar-refractivity contribution in [2.24, 2.45) is 11.8 Å². The van der Waals surface area contributed by atoms with Crippen molar-refractivity contribution in [3.8, 4) is 0 Å². The molecule has 3 fully saturated rings. The molecule has 10 heteroatoms. The van der Waals surface area contributed by atoms with Gasteiger partial charge < -0.3 is 20.1 Å². The van der Waals surface area contributed by atoms with Gasteiger partial charge in [-0.15, -0.1) is 0 Å². The highest BCUT2D eigenvalue weighted by Crippen LogP contribution is 2.44. The number of carboxylic acid groups (broad SMARTS) is 1. The molecule has 1 aromatic carbocycles. The van der Waals surface area contributed by atoms with Crippen molar-refractivity contribution in [2.75, 3.05) is 26.2 Å². The van der Waals surface area contributed by atoms with Gasteiger partial charge in [-0.1, -0.05) is 49.6 Å². The number of benzene rings is 1. The molecule has 1 aromatic heterocycles. The molecular formula is C32H42F3N4O3+. The van der Waals surface area contributed by atoms with E-state index in [1.165, 1.54) is 43.2 Å². The van der Waals surface area contributed by atoms with Crippen LogP contribution in [0.1, 0.15) is 74.1 Å². The Kier molecular flexibility index (Phi) is 9.23. The van der Waals surface area contributed by atoms with E-state index in [1.54, 1.807) is 0 Å². The maximum absolute atomic E-state index is 14.5. The molecule has 0 unspecified atom stereocenters. The molecular weight excluding hydrogens is 545 g/mol. The van der Waals surface area contributed by atoms with Crippen LogP contribution >= 0.6 is 0 Å². The molecule has 7 nitrogen and oxygen atoms in total.